The van der Waals surface area contributed by atoms with Gasteiger partial charge >= 0.3 is 0 Å². The molecule has 2 nitrogen and oxygen atoms in total. The standard InChI is InChI=1S/C13H10ClIN2/c14-12-10(15)11(8-4-2-1-3-5-8)16-13(17-12)9-6-7-9/h1-5,9H,6-7H2. The first-order chi connectivity index (χ1) is 8.25. The Morgan fingerprint density at radius 1 is 1.12 bits per heavy atom. The molecule has 0 N–H and O–H groups in total. The highest BCUT2D eigenvalue weighted by Gasteiger charge is 2.28. The van der Waals surface area contributed by atoms with Gasteiger partial charge in [-0.15, -0.1) is 0 Å². The van der Waals surface area contributed by atoms with E-state index < -0.39 is 0 Å². The van der Waals surface area contributed by atoms with Gasteiger partial charge in [0.25, 0.3) is 0 Å². The van der Waals surface area contributed by atoms with Crippen molar-refractivity contribution < 1.29 is 0 Å². The smallest absolute Gasteiger partial charge is 0.146 e. The molecule has 0 atom stereocenters. The van der Waals surface area contributed by atoms with Gasteiger partial charge < -0.3 is 0 Å². The number of hydrogen-bond acceptors (Lipinski definition) is 2. The minimum Gasteiger partial charge on any atom is -0.231 e. The topological polar surface area (TPSA) is 25.8 Å². The second kappa shape index (κ2) is 4.53. The third kappa shape index (κ3) is 2.31. The summed E-state index contributed by atoms with van der Waals surface area (Å²) in [5.74, 6) is 1.42. The van der Waals surface area contributed by atoms with Gasteiger partial charge in [0, 0.05) is 11.5 Å². The Labute approximate surface area is 119 Å². The second-order valence-electron chi connectivity index (χ2n) is 4.18. The maximum Gasteiger partial charge on any atom is 0.146 e. The zero-order chi connectivity index (χ0) is 11.8. The number of hydrogen-bond donors (Lipinski definition) is 0. The van der Waals surface area contributed by atoms with Crippen molar-refractivity contribution in [1.29, 1.82) is 0 Å². The lowest BCUT2D eigenvalue weighted by atomic mass is 10.1. The Bertz CT molecular complexity index is 553. The summed E-state index contributed by atoms with van der Waals surface area (Å²) in [6.45, 7) is 0. The van der Waals surface area contributed by atoms with Crippen LogP contribution >= 0.6 is 34.2 Å². The molecule has 1 heterocycles. The quantitative estimate of drug-likeness (QED) is 0.593. The summed E-state index contributed by atoms with van der Waals surface area (Å²) in [5, 5.41) is 0.571. The number of benzene rings is 1. The fraction of sp³-hybridized carbons (Fsp3) is 0.231. The molecule has 1 aromatic heterocycles. The average Bonchev–Trinajstić information content (AvgIpc) is 3.18. The summed E-state index contributed by atoms with van der Waals surface area (Å²) in [5.41, 5.74) is 2.05. The lowest BCUT2D eigenvalue weighted by Gasteiger charge is -2.07. The molecule has 1 aliphatic rings. The molecule has 1 aliphatic carbocycles. The molecule has 3 rings (SSSR count). The van der Waals surface area contributed by atoms with E-state index in [1.54, 1.807) is 0 Å². The summed E-state index contributed by atoms with van der Waals surface area (Å²) in [4.78, 5) is 9.03. The van der Waals surface area contributed by atoms with Crippen molar-refractivity contribution in [2.75, 3.05) is 0 Å². The fourth-order valence-electron chi connectivity index (χ4n) is 1.75. The molecule has 0 unspecified atom stereocenters. The SMILES string of the molecule is Clc1nc(C2CC2)nc(-c2ccccc2)c1I. The van der Waals surface area contributed by atoms with Crippen molar-refractivity contribution in [3.63, 3.8) is 0 Å². The molecule has 0 saturated heterocycles. The third-order valence-corrected chi connectivity index (χ3v) is 4.43. The van der Waals surface area contributed by atoms with Crippen LogP contribution in [0.3, 0.4) is 0 Å². The Balaban J connectivity index is 2.14. The fourth-order valence-corrected chi connectivity index (χ4v) is 2.48. The second-order valence-corrected chi connectivity index (χ2v) is 5.61. The van der Waals surface area contributed by atoms with Crippen molar-refractivity contribution in [2.45, 2.75) is 18.8 Å². The minimum absolute atomic E-state index is 0.520. The molecule has 0 radical (unpaired) electrons. The Hall–Kier alpha value is -0.680. The van der Waals surface area contributed by atoms with E-state index >= 15 is 0 Å². The molecule has 1 fully saturated rings. The molecule has 4 heteroatoms. The molecule has 0 bridgehead atoms. The highest BCUT2D eigenvalue weighted by atomic mass is 127. The summed E-state index contributed by atoms with van der Waals surface area (Å²) in [6, 6.07) is 10.1. The highest BCUT2D eigenvalue weighted by molar-refractivity contribution is 14.1. The van der Waals surface area contributed by atoms with Gasteiger partial charge in [-0.1, -0.05) is 41.9 Å². The maximum atomic E-state index is 6.18. The molecule has 0 spiro atoms. The lowest BCUT2D eigenvalue weighted by Crippen LogP contribution is -1.99. The van der Waals surface area contributed by atoms with E-state index in [4.69, 9.17) is 11.6 Å². The van der Waals surface area contributed by atoms with Crippen molar-refractivity contribution in [3.8, 4) is 11.3 Å². The summed E-state index contributed by atoms with van der Waals surface area (Å²) in [6.07, 6.45) is 2.37. The molecule has 0 amide bonds. The van der Waals surface area contributed by atoms with Crippen LogP contribution < -0.4 is 0 Å². The molecule has 2 aromatic rings. The van der Waals surface area contributed by atoms with Crippen LogP contribution in [0.2, 0.25) is 5.15 Å². The number of rotatable bonds is 2. The van der Waals surface area contributed by atoms with Crippen LogP contribution in [0.15, 0.2) is 30.3 Å². The van der Waals surface area contributed by atoms with E-state index in [0.29, 0.717) is 11.1 Å². The van der Waals surface area contributed by atoms with Crippen LogP contribution in [0, 0.1) is 3.57 Å². The minimum atomic E-state index is 0.520. The monoisotopic (exact) mass is 356 g/mol. The zero-order valence-electron chi connectivity index (χ0n) is 9.03. The number of nitrogens with zero attached hydrogens (tertiary/aromatic N) is 2. The summed E-state index contributed by atoms with van der Waals surface area (Å²) >= 11 is 8.39. The molecular formula is C13H10ClIN2. The summed E-state index contributed by atoms with van der Waals surface area (Å²) in [7, 11) is 0. The zero-order valence-corrected chi connectivity index (χ0v) is 11.9. The lowest BCUT2D eigenvalue weighted by molar-refractivity contribution is 0.925. The van der Waals surface area contributed by atoms with Gasteiger partial charge in [0.05, 0.1) is 9.26 Å². The third-order valence-electron chi connectivity index (χ3n) is 2.82. The van der Waals surface area contributed by atoms with Crippen LogP contribution in [0.25, 0.3) is 11.3 Å². The number of halogens is 2. The van der Waals surface area contributed by atoms with Crippen LogP contribution in [-0.2, 0) is 0 Å². The predicted molar refractivity (Wildman–Crippen MR) is 77.2 cm³/mol. The van der Waals surface area contributed by atoms with E-state index in [1.807, 2.05) is 18.2 Å². The molecule has 0 aliphatic heterocycles. The normalized spacial score (nSPS) is 14.9. The van der Waals surface area contributed by atoms with Crippen LogP contribution in [-0.4, -0.2) is 9.97 Å². The van der Waals surface area contributed by atoms with E-state index in [0.717, 1.165) is 20.7 Å². The van der Waals surface area contributed by atoms with Gasteiger partial charge in [0.1, 0.15) is 11.0 Å². The van der Waals surface area contributed by atoms with Gasteiger partial charge in [0.15, 0.2) is 0 Å². The van der Waals surface area contributed by atoms with Gasteiger partial charge in [-0.05, 0) is 35.4 Å². The summed E-state index contributed by atoms with van der Waals surface area (Å²) < 4.78 is 0.930. The molecular weight excluding hydrogens is 347 g/mol. The number of aromatic nitrogens is 2. The van der Waals surface area contributed by atoms with Gasteiger partial charge in [-0.25, -0.2) is 9.97 Å². The largest absolute Gasteiger partial charge is 0.231 e. The van der Waals surface area contributed by atoms with E-state index in [1.165, 1.54) is 12.8 Å². The van der Waals surface area contributed by atoms with Crippen LogP contribution in [0.1, 0.15) is 24.6 Å². The first-order valence-electron chi connectivity index (χ1n) is 5.54. The van der Waals surface area contributed by atoms with Crippen molar-refractivity contribution in [3.05, 3.63) is 44.9 Å². The van der Waals surface area contributed by atoms with Gasteiger partial charge in [-0.3, -0.25) is 0 Å². The van der Waals surface area contributed by atoms with Crippen LogP contribution in [0.5, 0.6) is 0 Å². The molecule has 1 saturated carbocycles. The van der Waals surface area contributed by atoms with Crippen molar-refractivity contribution in [1.82, 2.24) is 9.97 Å². The van der Waals surface area contributed by atoms with Crippen molar-refractivity contribution in [2.24, 2.45) is 0 Å². The predicted octanol–water partition coefficient (Wildman–Crippen LogP) is 4.28. The van der Waals surface area contributed by atoms with Crippen molar-refractivity contribution >= 4 is 34.2 Å². The Morgan fingerprint density at radius 3 is 2.47 bits per heavy atom. The van der Waals surface area contributed by atoms with E-state index in [-0.39, 0.29) is 0 Å². The first-order valence-corrected chi connectivity index (χ1v) is 6.99. The van der Waals surface area contributed by atoms with E-state index in [9.17, 15) is 0 Å². The Morgan fingerprint density at radius 2 is 1.82 bits per heavy atom. The average molecular weight is 357 g/mol. The van der Waals surface area contributed by atoms with Gasteiger partial charge in [0.2, 0.25) is 0 Å². The van der Waals surface area contributed by atoms with E-state index in [2.05, 4.69) is 44.7 Å². The van der Waals surface area contributed by atoms with Crippen LogP contribution in [0.4, 0.5) is 0 Å². The molecule has 17 heavy (non-hydrogen) atoms. The van der Waals surface area contributed by atoms with Gasteiger partial charge in [-0.2, -0.15) is 0 Å². The maximum absolute atomic E-state index is 6.18. The first kappa shape index (κ1) is 11.4. The molecule has 1 aromatic carbocycles. The molecule has 86 valence electrons. The highest BCUT2D eigenvalue weighted by Crippen LogP contribution is 2.40. The Kier molecular flexibility index (Phi) is 3.04.